The van der Waals surface area contributed by atoms with Gasteiger partial charge < -0.3 is 29.8 Å². The molecule has 20 heavy (non-hydrogen) atoms. The molecule has 0 aromatic rings. The predicted molar refractivity (Wildman–Crippen MR) is 77.9 cm³/mol. The Hall–Kier alpha value is -0.240. The topological polar surface area (TPSA) is 83.2 Å². The predicted octanol–water partition coefficient (Wildman–Crippen LogP) is 0.563. The van der Waals surface area contributed by atoms with Crippen LogP contribution in [0, 0.1) is 0 Å². The molecule has 0 saturated heterocycles. The van der Waals surface area contributed by atoms with Gasteiger partial charge in [-0.1, -0.05) is 13.3 Å². The van der Waals surface area contributed by atoms with Crippen LogP contribution >= 0.6 is 0 Å². The zero-order valence-corrected chi connectivity index (χ0v) is 12.9. The van der Waals surface area contributed by atoms with Gasteiger partial charge in [0.2, 0.25) is 0 Å². The van der Waals surface area contributed by atoms with Crippen molar-refractivity contribution in [1.29, 1.82) is 0 Å². The quantitative estimate of drug-likeness (QED) is 0.429. The highest BCUT2D eigenvalue weighted by Crippen LogP contribution is 1.97. The minimum atomic E-state index is -0.680. The fraction of sp³-hybridized carbons (Fsp3) is 1.00. The van der Waals surface area contributed by atoms with E-state index in [9.17, 15) is 0 Å². The van der Waals surface area contributed by atoms with E-state index in [4.69, 9.17) is 29.8 Å². The molecule has 6 nitrogen and oxygen atoms in total. The Morgan fingerprint density at radius 2 is 1.30 bits per heavy atom. The van der Waals surface area contributed by atoms with Gasteiger partial charge in [0.1, 0.15) is 0 Å². The molecule has 0 saturated carbocycles. The normalized spacial score (nSPS) is 14.4. The van der Waals surface area contributed by atoms with Gasteiger partial charge in [0.15, 0.2) is 0 Å². The monoisotopic (exact) mass is 293 g/mol. The number of rotatable bonds is 15. The maximum Gasteiger partial charge on any atom is 0.0701 e. The second kappa shape index (κ2) is 13.7. The molecule has 1 unspecified atom stereocenters. The van der Waals surface area contributed by atoms with Crippen LogP contribution in [0.4, 0.5) is 0 Å². The Balaban J connectivity index is 3.06. The van der Waals surface area contributed by atoms with Crippen molar-refractivity contribution in [2.75, 3.05) is 59.5 Å². The molecule has 0 spiro atoms. The Bertz CT molecular complexity index is 202. The van der Waals surface area contributed by atoms with Gasteiger partial charge in [-0.15, -0.1) is 0 Å². The van der Waals surface area contributed by atoms with Gasteiger partial charge in [0, 0.05) is 6.61 Å². The molecule has 0 heterocycles. The Labute approximate surface area is 122 Å². The van der Waals surface area contributed by atoms with Crippen molar-refractivity contribution in [3.63, 3.8) is 0 Å². The van der Waals surface area contributed by atoms with E-state index in [2.05, 4.69) is 6.92 Å². The first kappa shape index (κ1) is 19.8. The largest absolute Gasteiger partial charge is 0.394 e. The van der Waals surface area contributed by atoms with E-state index < -0.39 is 5.54 Å². The maximum atomic E-state index is 8.92. The lowest BCUT2D eigenvalue weighted by Gasteiger charge is -2.21. The fourth-order valence-electron chi connectivity index (χ4n) is 1.26. The minimum absolute atomic E-state index is 0.0952. The highest BCUT2D eigenvalue weighted by atomic mass is 16.6. The van der Waals surface area contributed by atoms with Gasteiger partial charge in [-0.25, -0.2) is 0 Å². The van der Waals surface area contributed by atoms with Crippen LogP contribution in [0.2, 0.25) is 0 Å². The molecular weight excluding hydrogens is 262 g/mol. The van der Waals surface area contributed by atoms with Crippen molar-refractivity contribution < 1.29 is 24.1 Å². The third-order valence-corrected chi connectivity index (χ3v) is 2.55. The van der Waals surface area contributed by atoms with E-state index >= 15 is 0 Å². The summed E-state index contributed by atoms with van der Waals surface area (Å²) in [6.07, 6.45) is 2.25. The summed E-state index contributed by atoms with van der Waals surface area (Å²) in [5.74, 6) is 0. The van der Waals surface area contributed by atoms with Crippen LogP contribution in [0.15, 0.2) is 0 Å². The molecular formula is C14H31NO5. The van der Waals surface area contributed by atoms with E-state index in [0.717, 1.165) is 19.4 Å². The molecule has 0 rings (SSSR count). The highest BCUT2D eigenvalue weighted by molar-refractivity contribution is 4.76. The number of aliphatic hydroxyl groups excluding tert-OH is 1. The number of hydrogen-bond donors (Lipinski definition) is 2. The molecule has 0 aromatic carbocycles. The molecule has 3 N–H and O–H groups in total. The summed E-state index contributed by atoms with van der Waals surface area (Å²) in [6, 6.07) is 0. The smallest absolute Gasteiger partial charge is 0.0701 e. The van der Waals surface area contributed by atoms with E-state index in [0.29, 0.717) is 46.2 Å². The van der Waals surface area contributed by atoms with Crippen molar-refractivity contribution in [3.05, 3.63) is 0 Å². The van der Waals surface area contributed by atoms with E-state index in [1.54, 1.807) is 6.92 Å². The molecule has 122 valence electrons. The summed E-state index contributed by atoms with van der Waals surface area (Å²) in [7, 11) is 0. The van der Waals surface area contributed by atoms with E-state index in [1.807, 2.05) is 0 Å². The number of hydrogen-bond acceptors (Lipinski definition) is 6. The van der Waals surface area contributed by atoms with Crippen LogP contribution in [0.25, 0.3) is 0 Å². The van der Waals surface area contributed by atoms with Crippen molar-refractivity contribution in [3.8, 4) is 0 Å². The summed E-state index contributed by atoms with van der Waals surface area (Å²) in [5.41, 5.74) is 5.03. The summed E-state index contributed by atoms with van der Waals surface area (Å²) in [6.45, 7) is 8.21. The van der Waals surface area contributed by atoms with Crippen LogP contribution in [0.3, 0.4) is 0 Å². The summed E-state index contributed by atoms with van der Waals surface area (Å²) in [4.78, 5) is 0. The molecule has 0 aromatic heterocycles. The average molecular weight is 293 g/mol. The van der Waals surface area contributed by atoms with Crippen LogP contribution in [-0.2, 0) is 18.9 Å². The molecule has 0 bridgehead atoms. The van der Waals surface area contributed by atoms with Gasteiger partial charge in [0.05, 0.1) is 58.4 Å². The van der Waals surface area contributed by atoms with Crippen molar-refractivity contribution in [2.45, 2.75) is 32.2 Å². The van der Waals surface area contributed by atoms with Gasteiger partial charge in [-0.05, 0) is 13.3 Å². The zero-order chi connectivity index (χ0) is 15.1. The lowest BCUT2D eigenvalue weighted by Crippen LogP contribution is -2.45. The van der Waals surface area contributed by atoms with Crippen molar-refractivity contribution in [1.82, 2.24) is 0 Å². The Kier molecular flexibility index (Phi) is 13.6. The molecule has 0 aliphatic carbocycles. The number of aliphatic hydroxyl groups is 1. The molecule has 0 aliphatic rings. The molecule has 0 aliphatic heterocycles. The lowest BCUT2D eigenvalue weighted by molar-refractivity contribution is -0.0106. The van der Waals surface area contributed by atoms with Crippen LogP contribution in [0.5, 0.6) is 0 Å². The number of ether oxygens (including phenoxy) is 4. The summed E-state index contributed by atoms with van der Waals surface area (Å²) >= 11 is 0. The maximum absolute atomic E-state index is 8.92. The SMILES string of the molecule is CCCCOCCOCCOCCOCC(C)(N)CO. The highest BCUT2D eigenvalue weighted by Gasteiger charge is 2.16. The Morgan fingerprint density at radius 3 is 1.75 bits per heavy atom. The zero-order valence-electron chi connectivity index (χ0n) is 12.9. The van der Waals surface area contributed by atoms with Gasteiger partial charge in [-0.2, -0.15) is 0 Å². The molecule has 0 amide bonds. The van der Waals surface area contributed by atoms with E-state index in [-0.39, 0.29) is 6.61 Å². The van der Waals surface area contributed by atoms with Gasteiger partial charge in [0.25, 0.3) is 0 Å². The molecule has 0 radical (unpaired) electrons. The van der Waals surface area contributed by atoms with Crippen LogP contribution in [-0.4, -0.2) is 70.1 Å². The first-order chi connectivity index (χ1) is 9.62. The van der Waals surface area contributed by atoms with Crippen molar-refractivity contribution in [2.24, 2.45) is 5.73 Å². The van der Waals surface area contributed by atoms with Crippen molar-refractivity contribution >= 4 is 0 Å². The average Bonchev–Trinajstić information content (AvgIpc) is 2.44. The van der Waals surface area contributed by atoms with Crippen LogP contribution < -0.4 is 5.73 Å². The summed E-state index contributed by atoms with van der Waals surface area (Å²) in [5, 5.41) is 8.92. The van der Waals surface area contributed by atoms with Gasteiger partial charge in [-0.3, -0.25) is 0 Å². The standard InChI is InChI=1S/C14H31NO5/c1-3-4-5-17-6-7-18-8-9-19-10-11-20-13-14(2,15)12-16/h16H,3-13,15H2,1-2H3. The van der Waals surface area contributed by atoms with Crippen LogP contribution in [0.1, 0.15) is 26.7 Å². The fourth-order valence-corrected chi connectivity index (χ4v) is 1.26. The molecule has 6 heteroatoms. The summed E-state index contributed by atoms with van der Waals surface area (Å²) < 4.78 is 21.3. The molecule has 1 atom stereocenters. The molecule has 0 fully saturated rings. The third-order valence-electron chi connectivity index (χ3n) is 2.55. The van der Waals surface area contributed by atoms with E-state index in [1.165, 1.54) is 0 Å². The van der Waals surface area contributed by atoms with Gasteiger partial charge >= 0.3 is 0 Å². The number of unbranched alkanes of at least 4 members (excludes halogenated alkanes) is 1. The Morgan fingerprint density at radius 1 is 0.850 bits per heavy atom. The second-order valence-electron chi connectivity index (χ2n) is 5.06. The first-order valence-corrected chi connectivity index (χ1v) is 7.33. The third kappa shape index (κ3) is 14.2. The lowest BCUT2D eigenvalue weighted by atomic mass is 10.1. The minimum Gasteiger partial charge on any atom is -0.394 e. The second-order valence-corrected chi connectivity index (χ2v) is 5.06. The number of nitrogens with two attached hydrogens (primary N) is 1. The first-order valence-electron chi connectivity index (χ1n) is 7.33.